The molecular weight excluding hydrogens is 340 g/mol. The normalized spacial score (nSPS) is 21.4. The minimum atomic E-state index is 0.0996. The Morgan fingerprint density at radius 1 is 1.11 bits per heavy atom. The van der Waals surface area contributed by atoms with Crippen LogP contribution in [0, 0.1) is 5.41 Å². The largest absolute Gasteiger partial charge is 0.396 e. The van der Waals surface area contributed by atoms with Crippen molar-refractivity contribution in [1.82, 2.24) is 15.5 Å². The molecule has 0 bridgehead atoms. The van der Waals surface area contributed by atoms with Gasteiger partial charge in [0.15, 0.2) is 5.96 Å². The van der Waals surface area contributed by atoms with Crippen molar-refractivity contribution in [2.24, 2.45) is 10.4 Å². The first-order valence-corrected chi connectivity index (χ1v) is 11.1. The highest BCUT2D eigenvalue weighted by molar-refractivity contribution is 5.79. The number of aliphatic imine (C=N–C) groups is 1. The van der Waals surface area contributed by atoms with E-state index in [0.717, 1.165) is 70.9 Å². The third kappa shape index (κ3) is 6.06. The van der Waals surface area contributed by atoms with Crippen LogP contribution in [0.25, 0.3) is 0 Å². The van der Waals surface area contributed by atoms with E-state index >= 15 is 0 Å². The predicted octanol–water partition coefficient (Wildman–Crippen LogP) is 2.38. The van der Waals surface area contributed by atoms with Crippen molar-refractivity contribution >= 4 is 5.96 Å². The summed E-state index contributed by atoms with van der Waals surface area (Å²) in [7, 11) is 0. The van der Waals surface area contributed by atoms with E-state index < -0.39 is 0 Å². The summed E-state index contributed by atoms with van der Waals surface area (Å²) in [5.74, 6) is 0.909. The molecule has 2 heterocycles. The summed E-state index contributed by atoms with van der Waals surface area (Å²) < 4.78 is 5.66. The van der Waals surface area contributed by atoms with Crippen molar-refractivity contribution < 1.29 is 9.84 Å². The van der Waals surface area contributed by atoms with Crippen LogP contribution in [-0.4, -0.2) is 74.0 Å². The van der Waals surface area contributed by atoms with E-state index in [2.05, 4.69) is 36.3 Å². The highest BCUT2D eigenvalue weighted by atomic mass is 16.5. The SMILES string of the molecule is CCNC(=NCC(CC)(CC)CCO)NCC1(N2CCCC2)CCOCC1. The van der Waals surface area contributed by atoms with Crippen LogP contribution in [0.5, 0.6) is 0 Å². The molecule has 0 amide bonds. The summed E-state index contributed by atoms with van der Waals surface area (Å²) >= 11 is 0. The number of likely N-dealkylation sites (tertiary alicyclic amines) is 1. The van der Waals surface area contributed by atoms with Gasteiger partial charge in [-0.2, -0.15) is 0 Å². The Hall–Kier alpha value is -0.850. The maximum atomic E-state index is 9.46. The number of aliphatic hydroxyl groups is 1. The minimum Gasteiger partial charge on any atom is -0.396 e. The van der Waals surface area contributed by atoms with Crippen LogP contribution >= 0.6 is 0 Å². The van der Waals surface area contributed by atoms with Crippen molar-refractivity contribution in [2.45, 2.75) is 71.3 Å². The molecule has 0 spiro atoms. The van der Waals surface area contributed by atoms with Crippen molar-refractivity contribution in [2.75, 3.05) is 52.5 Å². The Morgan fingerprint density at radius 2 is 1.78 bits per heavy atom. The molecular formula is C21H42N4O2. The molecule has 2 fully saturated rings. The van der Waals surface area contributed by atoms with Crippen LogP contribution < -0.4 is 10.6 Å². The van der Waals surface area contributed by atoms with Gasteiger partial charge < -0.3 is 20.5 Å². The number of nitrogens with zero attached hydrogens (tertiary/aromatic N) is 2. The zero-order valence-electron chi connectivity index (χ0n) is 17.9. The Kier molecular flexibility index (Phi) is 9.33. The van der Waals surface area contributed by atoms with E-state index in [1.807, 2.05) is 0 Å². The molecule has 2 saturated heterocycles. The van der Waals surface area contributed by atoms with E-state index in [0.29, 0.717) is 0 Å². The summed E-state index contributed by atoms with van der Waals surface area (Å²) in [5, 5.41) is 16.5. The number of guanidine groups is 1. The van der Waals surface area contributed by atoms with Gasteiger partial charge in [0.1, 0.15) is 0 Å². The van der Waals surface area contributed by atoms with Crippen LogP contribution in [-0.2, 0) is 4.74 Å². The first-order chi connectivity index (χ1) is 13.1. The van der Waals surface area contributed by atoms with Crippen molar-refractivity contribution in [3.05, 3.63) is 0 Å². The summed E-state index contributed by atoms with van der Waals surface area (Å²) in [6, 6.07) is 0. The van der Waals surface area contributed by atoms with Crippen molar-refractivity contribution in [1.29, 1.82) is 0 Å². The second-order valence-corrected chi connectivity index (χ2v) is 8.26. The molecule has 27 heavy (non-hydrogen) atoms. The zero-order valence-corrected chi connectivity index (χ0v) is 17.9. The molecule has 0 saturated carbocycles. The third-order valence-corrected chi connectivity index (χ3v) is 6.84. The van der Waals surface area contributed by atoms with Crippen molar-refractivity contribution in [3.63, 3.8) is 0 Å². The van der Waals surface area contributed by atoms with Gasteiger partial charge in [0, 0.05) is 45.0 Å². The fourth-order valence-electron chi connectivity index (χ4n) is 4.53. The monoisotopic (exact) mass is 382 g/mol. The predicted molar refractivity (Wildman–Crippen MR) is 112 cm³/mol. The van der Waals surface area contributed by atoms with Crippen molar-refractivity contribution in [3.8, 4) is 0 Å². The van der Waals surface area contributed by atoms with E-state index in [9.17, 15) is 5.11 Å². The van der Waals surface area contributed by atoms with Crippen LogP contribution in [0.1, 0.15) is 65.7 Å². The molecule has 0 radical (unpaired) electrons. The average molecular weight is 383 g/mol. The summed E-state index contributed by atoms with van der Waals surface area (Å²) in [5.41, 5.74) is 0.297. The number of ether oxygens (including phenoxy) is 1. The van der Waals surface area contributed by atoms with Gasteiger partial charge in [-0.15, -0.1) is 0 Å². The lowest BCUT2D eigenvalue weighted by Gasteiger charge is -2.45. The van der Waals surface area contributed by atoms with Crippen LogP contribution in [0.4, 0.5) is 0 Å². The van der Waals surface area contributed by atoms with E-state index in [4.69, 9.17) is 9.73 Å². The first-order valence-electron chi connectivity index (χ1n) is 11.1. The second kappa shape index (κ2) is 11.2. The van der Waals surface area contributed by atoms with E-state index in [1.54, 1.807) is 0 Å². The van der Waals surface area contributed by atoms with E-state index in [-0.39, 0.29) is 17.6 Å². The van der Waals surface area contributed by atoms with Gasteiger partial charge >= 0.3 is 0 Å². The number of hydrogen-bond donors (Lipinski definition) is 3. The van der Waals surface area contributed by atoms with Crippen LogP contribution in [0.2, 0.25) is 0 Å². The highest BCUT2D eigenvalue weighted by Gasteiger charge is 2.39. The Labute approximate surface area is 166 Å². The number of aliphatic hydroxyl groups excluding tert-OH is 1. The molecule has 0 aromatic rings. The van der Waals surface area contributed by atoms with Gasteiger partial charge in [0.05, 0.1) is 0 Å². The van der Waals surface area contributed by atoms with Gasteiger partial charge in [-0.1, -0.05) is 13.8 Å². The maximum absolute atomic E-state index is 9.46. The molecule has 0 atom stereocenters. The third-order valence-electron chi connectivity index (χ3n) is 6.84. The number of rotatable bonds is 10. The van der Waals surface area contributed by atoms with Gasteiger partial charge in [-0.3, -0.25) is 9.89 Å². The zero-order chi connectivity index (χ0) is 19.6. The maximum Gasteiger partial charge on any atom is 0.191 e. The quantitative estimate of drug-likeness (QED) is 0.400. The first kappa shape index (κ1) is 22.4. The topological polar surface area (TPSA) is 69.1 Å². The minimum absolute atomic E-state index is 0.0996. The molecule has 6 nitrogen and oxygen atoms in total. The second-order valence-electron chi connectivity index (χ2n) is 8.26. The smallest absolute Gasteiger partial charge is 0.191 e. The van der Waals surface area contributed by atoms with Gasteiger partial charge in [-0.05, 0) is 70.4 Å². The fraction of sp³-hybridized carbons (Fsp3) is 0.952. The fourth-order valence-corrected chi connectivity index (χ4v) is 4.53. The van der Waals surface area contributed by atoms with E-state index in [1.165, 1.54) is 25.9 Å². The molecule has 0 unspecified atom stereocenters. The van der Waals surface area contributed by atoms with Gasteiger partial charge in [0.2, 0.25) is 0 Å². The Bertz CT molecular complexity index is 439. The van der Waals surface area contributed by atoms with Crippen LogP contribution in [0.3, 0.4) is 0 Å². The lowest BCUT2D eigenvalue weighted by atomic mass is 9.79. The Morgan fingerprint density at radius 3 is 2.33 bits per heavy atom. The molecule has 2 aliphatic heterocycles. The summed E-state index contributed by atoms with van der Waals surface area (Å²) in [4.78, 5) is 7.60. The molecule has 158 valence electrons. The lowest BCUT2D eigenvalue weighted by Crippen LogP contribution is -2.58. The number of hydrogen-bond acceptors (Lipinski definition) is 4. The molecule has 0 aromatic carbocycles. The molecule has 2 aliphatic rings. The molecule has 6 heteroatoms. The van der Waals surface area contributed by atoms with Crippen LogP contribution in [0.15, 0.2) is 4.99 Å². The molecule has 3 N–H and O–H groups in total. The van der Waals surface area contributed by atoms with Gasteiger partial charge in [0.25, 0.3) is 0 Å². The average Bonchev–Trinajstić information content (AvgIpc) is 3.25. The molecule has 0 aromatic heterocycles. The standard InChI is InChI=1S/C21H42N4O2/c1-4-20(5-2,9-14-26)17-23-19(22-6-3)24-18-21(10-15-27-16-11-21)25-12-7-8-13-25/h26H,4-18H2,1-3H3,(H2,22,23,24). The summed E-state index contributed by atoms with van der Waals surface area (Å²) in [6.45, 7) is 13.4. The Balaban J connectivity index is 2.04. The molecule has 2 rings (SSSR count). The summed E-state index contributed by atoms with van der Waals surface area (Å²) in [6.07, 6.45) is 7.72. The van der Waals surface area contributed by atoms with Gasteiger partial charge in [-0.25, -0.2) is 0 Å². The molecule has 0 aliphatic carbocycles. The lowest BCUT2D eigenvalue weighted by molar-refractivity contribution is -0.0164. The highest BCUT2D eigenvalue weighted by Crippen LogP contribution is 2.32. The number of nitrogens with one attached hydrogen (secondary N) is 2.